The van der Waals surface area contributed by atoms with Crippen molar-refractivity contribution >= 4 is 43.4 Å². The van der Waals surface area contributed by atoms with Gasteiger partial charge in [-0.3, -0.25) is 13.9 Å². The third-order valence-corrected chi connectivity index (χ3v) is 5.82. The highest BCUT2D eigenvalue weighted by atomic mass is 79.9. The first-order valence-electron chi connectivity index (χ1n) is 8.65. The Kier molecular flexibility index (Phi) is 5.51. The lowest BCUT2D eigenvalue weighted by atomic mass is 10.1. The van der Waals surface area contributed by atoms with E-state index in [1.165, 1.54) is 0 Å². The normalized spacial score (nSPS) is 10.7. The molecular formula is C19H15Br2N7O. The smallest absolute Gasteiger partial charge is 0.287 e. The predicted molar refractivity (Wildman–Crippen MR) is 115 cm³/mol. The fourth-order valence-corrected chi connectivity index (χ4v) is 3.29. The van der Waals surface area contributed by atoms with Crippen LogP contribution in [0.1, 0.15) is 22.7 Å². The van der Waals surface area contributed by atoms with Crippen LogP contribution in [0.4, 0.5) is 0 Å². The van der Waals surface area contributed by atoms with Crippen molar-refractivity contribution in [2.75, 3.05) is 6.54 Å². The van der Waals surface area contributed by atoms with Gasteiger partial charge in [0.15, 0.2) is 5.82 Å². The second-order valence-corrected chi connectivity index (χ2v) is 7.73. The minimum atomic E-state index is -0.282. The molecule has 0 saturated carbocycles. The zero-order valence-corrected chi connectivity index (χ0v) is 18.5. The summed E-state index contributed by atoms with van der Waals surface area (Å²) < 4.78 is 4.89. The molecule has 0 aromatic carbocycles. The molecule has 0 atom stereocenters. The van der Waals surface area contributed by atoms with Crippen LogP contribution in [-0.4, -0.2) is 41.6 Å². The van der Waals surface area contributed by atoms with E-state index in [2.05, 4.69) is 69.1 Å². The van der Waals surface area contributed by atoms with E-state index in [-0.39, 0.29) is 11.7 Å². The number of nitrogens with one attached hydrogen (secondary N) is 2. The molecule has 0 aliphatic rings. The first-order valence-corrected chi connectivity index (χ1v) is 10.2. The Morgan fingerprint density at radius 1 is 1.31 bits per heavy atom. The summed E-state index contributed by atoms with van der Waals surface area (Å²) in [5, 5.41) is 6.98. The number of hydrogen-bond acceptors (Lipinski definition) is 4. The van der Waals surface area contributed by atoms with Crippen LogP contribution in [0, 0.1) is 11.8 Å². The average Bonchev–Trinajstić information content (AvgIpc) is 3.40. The summed E-state index contributed by atoms with van der Waals surface area (Å²) in [7, 11) is 1.89. The van der Waals surface area contributed by atoms with E-state index in [0.717, 1.165) is 22.5 Å². The van der Waals surface area contributed by atoms with Crippen LogP contribution >= 0.6 is 31.9 Å². The van der Waals surface area contributed by atoms with Crippen molar-refractivity contribution in [2.45, 2.75) is 6.42 Å². The highest BCUT2D eigenvalue weighted by Gasteiger charge is 2.12. The summed E-state index contributed by atoms with van der Waals surface area (Å²) in [6.45, 7) is 0.420. The lowest BCUT2D eigenvalue weighted by molar-refractivity contribution is 0.0945. The number of pyridine rings is 1. The number of aryl methyl sites for hydroxylation is 1. The maximum atomic E-state index is 12.0. The van der Waals surface area contributed by atoms with Crippen LogP contribution in [0.3, 0.4) is 0 Å². The van der Waals surface area contributed by atoms with E-state index in [1.807, 2.05) is 42.2 Å². The zero-order chi connectivity index (χ0) is 20.4. The molecule has 0 bridgehead atoms. The van der Waals surface area contributed by atoms with E-state index in [1.54, 1.807) is 10.9 Å². The van der Waals surface area contributed by atoms with Crippen molar-refractivity contribution < 1.29 is 4.79 Å². The molecule has 4 aromatic heterocycles. The maximum absolute atomic E-state index is 12.0. The Labute approximate surface area is 183 Å². The topological polar surface area (TPSA) is 92.9 Å². The summed E-state index contributed by atoms with van der Waals surface area (Å²) in [5.74, 6) is 6.12. The van der Waals surface area contributed by atoms with Crippen molar-refractivity contribution in [3.63, 3.8) is 0 Å². The van der Waals surface area contributed by atoms with Crippen LogP contribution in [0.2, 0.25) is 0 Å². The van der Waals surface area contributed by atoms with Gasteiger partial charge in [0.1, 0.15) is 20.5 Å². The number of carbonyl (C=O) groups excluding carboxylic acids is 1. The van der Waals surface area contributed by atoms with Crippen molar-refractivity contribution in [2.24, 2.45) is 7.05 Å². The van der Waals surface area contributed by atoms with Gasteiger partial charge in [-0.25, -0.2) is 9.97 Å². The van der Waals surface area contributed by atoms with Gasteiger partial charge in [-0.15, -0.1) is 0 Å². The number of carbonyl (C=O) groups is 1. The molecule has 8 nitrogen and oxygen atoms in total. The summed E-state index contributed by atoms with van der Waals surface area (Å²) in [5.41, 5.74) is 3.70. The van der Waals surface area contributed by atoms with Crippen molar-refractivity contribution in [1.82, 2.24) is 34.4 Å². The number of fused-ring (bicyclic) bond motifs is 1. The van der Waals surface area contributed by atoms with Gasteiger partial charge in [0.05, 0.1) is 12.4 Å². The molecule has 0 radical (unpaired) electrons. The van der Waals surface area contributed by atoms with Crippen LogP contribution in [0.5, 0.6) is 0 Å². The first-order chi connectivity index (χ1) is 14.0. The monoisotopic (exact) mass is 515 g/mol. The molecule has 29 heavy (non-hydrogen) atoms. The largest absolute Gasteiger partial charge is 0.348 e. The molecule has 0 spiro atoms. The molecule has 2 N–H and O–H groups in total. The lowest BCUT2D eigenvalue weighted by Crippen LogP contribution is -2.25. The fraction of sp³-hybridized carbons (Fsp3) is 0.158. The van der Waals surface area contributed by atoms with Crippen LogP contribution < -0.4 is 5.32 Å². The van der Waals surface area contributed by atoms with Crippen LogP contribution in [0.25, 0.3) is 16.8 Å². The van der Waals surface area contributed by atoms with E-state index in [9.17, 15) is 4.79 Å². The summed E-state index contributed by atoms with van der Waals surface area (Å²) in [4.78, 5) is 23.3. The molecule has 0 unspecified atom stereocenters. The molecule has 4 rings (SSSR count). The van der Waals surface area contributed by atoms with E-state index in [0.29, 0.717) is 22.2 Å². The van der Waals surface area contributed by atoms with Gasteiger partial charge in [-0.05, 0) is 55.5 Å². The van der Waals surface area contributed by atoms with Gasteiger partial charge in [0.2, 0.25) is 0 Å². The SMILES string of the molecule is Cn1cc(-c2ccn3c(C#CCCNC(=O)c4nc(Br)c(Br)[nH]4)cnc3c2)cn1. The number of imidazole rings is 2. The maximum Gasteiger partial charge on any atom is 0.287 e. The van der Waals surface area contributed by atoms with E-state index < -0.39 is 0 Å². The first kappa shape index (κ1) is 19.4. The number of amides is 1. The molecular weight excluding hydrogens is 502 g/mol. The van der Waals surface area contributed by atoms with Gasteiger partial charge in [-0.1, -0.05) is 5.92 Å². The number of hydrogen-bond donors (Lipinski definition) is 2. The highest BCUT2D eigenvalue weighted by molar-refractivity contribution is 9.13. The Bertz CT molecular complexity index is 1240. The number of aromatic nitrogens is 6. The number of aromatic amines is 1. The van der Waals surface area contributed by atoms with Gasteiger partial charge in [0.25, 0.3) is 5.91 Å². The summed E-state index contributed by atoms with van der Waals surface area (Å²) >= 11 is 6.49. The van der Waals surface area contributed by atoms with Crippen LogP contribution in [0.15, 0.2) is 46.1 Å². The molecule has 0 fully saturated rings. The summed E-state index contributed by atoms with van der Waals surface area (Å²) in [6.07, 6.45) is 7.98. The lowest BCUT2D eigenvalue weighted by Gasteiger charge is -2.00. The average molecular weight is 517 g/mol. The highest BCUT2D eigenvalue weighted by Crippen LogP contribution is 2.20. The molecule has 10 heteroatoms. The summed E-state index contributed by atoms with van der Waals surface area (Å²) in [6, 6.07) is 4.01. The van der Waals surface area contributed by atoms with E-state index in [4.69, 9.17) is 0 Å². The van der Waals surface area contributed by atoms with Gasteiger partial charge >= 0.3 is 0 Å². The Morgan fingerprint density at radius 2 is 2.17 bits per heavy atom. The number of halogens is 2. The molecule has 146 valence electrons. The minimum Gasteiger partial charge on any atom is -0.348 e. The predicted octanol–water partition coefficient (Wildman–Crippen LogP) is 3.15. The molecule has 0 aliphatic carbocycles. The third-order valence-electron chi connectivity index (χ3n) is 4.14. The number of rotatable bonds is 4. The Hall–Kier alpha value is -2.90. The van der Waals surface area contributed by atoms with Gasteiger partial charge in [-0.2, -0.15) is 5.10 Å². The molecule has 4 aromatic rings. The third kappa shape index (κ3) is 4.26. The van der Waals surface area contributed by atoms with Crippen molar-refractivity contribution in [1.29, 1.82) is 0 Å². The fourth-order valence-electron chi connectivity index (χ4n) is 2.74. The Morgan fingerprint density at radius 3 is 2.90 bits per heavy atom. The zero-order valence-electron chi connectivity index (χ0n) is 15.3. The number of H-pyrrole nitrogens is 1. The van der Waals surface area contributed by atoms with Crippen LogP contribution in [-0.2, 0) is 7.05 Å². The standard InChI is InChI=1S/C19H15Br2N7O/c1-27-11-13(9-24-27)12-5-7-28-14(10-23-15(28)8-12)4-2-3-6-22-19(29)18-25-16(20)17(21)26-18/h5,7-11H,3,6H2,1H3,(H,22,29)(H,25,26). The quantitative estimate of drug-likeness (QED) is 0.322. The second-order valence-electron chi connectivity index (χ2n) is 6.19. The molecule has 0 aliphatic heterocycles. The Balaban J connectivity index is 1.38. The minimum absolute atomic E-state index is 0.239. The van der Waals surface area contributed by atoms with E-state index >= 15 is 0 Å². The van der Waals surface area contributed by atoms with Gasteiger partial charge in [0, 0.05) is 38.0 Å². The van der Waals surface area contributed by atoms with Crippen molar-refractivity contribution in [3.8, 4) is 23.0 Å². The molecule has 0 saturated heterocycles. The molecule has 4 heterocycles. The van der Waals surface area contributed by atoms with Gasteiger partial charge < -0.3 is 10.3 Å². The van der Waals surface area contributed by atoms with Crippen molar-refractivity contribution in [3.05, 3.63) is 57.6 Å². The number of nitrogens with zero attached hydrogens (tertiary/aromatic N) is 5. The molecule has 1 amide bonds. The second kappa shape index (κ2) is 8.23.